The molecule has 2 heterocycles. The summed E-state index contributed by atoms with van der Waals surface area (Å²) in [5, 5.41) is 2.61. The molecule has 0 radical (unpaired) electrons. The molecule has 3 nitrogen and oxygen atoms in total. The van der Waals surface area contributed by atoms with Crippen LogP contribution in [0.5, 0.6) is 0 Å². The van der Waals surface area contributed by atoms with Crippen molar-refractivity contribution in [2.45, 2.75) is 49.9 Å². The monoisotopic (exact) mass is 1030 g/mol. The van der Waals surface area contributed by atoms with Crippen molar-refractivity contribution in [2.24, 2.45) is 5.92 Å². The Morgan fingerprint density at radius 1 is 0.531 bits per heavy atom. The number of hydrogen-bond donors (Lipinski definition) is 1. The molecular weight excluding hydrogens is 981 g/mol. The molecule has 7 aliphatic rings. The molecule has 2 aromatic heterocycles. The molecule has 3 unspecified atom stereocenters. The van der Waals surface area contributed by atoms with Crippen molar-refractivity contribution in [1.29, 1.82) is 0 Å². The minimum absolute atomic E-state index is 0.0231. The summed E-state index contributed by atoms with van der Waals surface area (Å²) < 4.78 is 2.54. The number of benzene rings is 9. The van der Waals surface area contributed by atoms with E-state index in [1.807, 2.05) is 12.1 Å². The van der Waals surface area contributed by atoms with Crippen LogP contribution in [0.25, 0.3) is 78.6 Å². The number of ketones is 1. The lowest BCUT2D eigenvalue weighted by Gasteiger charge is -2.33. The van der Waals surface area contributed by atoms with Crippen molar-refractivity contribution in [2.75, 3.05) is 0 Å². The highest BCUT2D eigenvalue weighted by atomic mass is 16.1. The number of aromatic amines is 1. The molecule has 0 aliphatic heterocycles. The van der Waals surface area contributed by atoms with Gasteiger partial charge in [0, 0.05) is 55.6 Å². The summed E-state index contributed by atoms with van der Waals surface area (Å²) in [6, 6.07) is 69.9. The number of nitrogens with one attached hydrogen (secondary N) is 1. The molecule has 0 amide bonds. The van der Waals surface area contributed by atoms with Crippen molar-refractivity contribution in [3.05, 3.63) is 308 Å². The summed E-state index contributed by atoms with van der Waals surface area (Å²) in [6.07, 6.45) is 23.3. The Hall–Kier alpha value is -9.75. The molecule has 11 aromatic rings. The van der Waals surface area contributed by atoms with Crippen LogP contribution in [0, 0.1) is 18.3 Å². The summed E-state index contributed by atoms with van der Waals surface area (Å²) in [5.74, 6) is 3.94. The van der Waals surface area contributed by atoms with Gasteiger partial charge in [0.1, 0.15) is 0 Å². The van der Waals surface area contributed by atoms with E-state index in [-0.39, 0.29) is 5.78 Å². The first-order valence-corrected chi connectivity index (χ1v) is 28.7. The number of carbonyl (C=O) groups excluding carboxylic acids is 1. The van der Waals surface area contributed by atoms with Crippen molar-refractivity contribution in [3.63, 3.8) is 0 Å². The fourth-order valence-corrected chi connectivity index (χ4v) is 16.1. The zero-order valence-electron chi connectivity index (χ0n) is 45.1. The lowest BCUT2D eigenvalue weighted by Crippen LogP contribution is -2.28. The van der Waals surface area contributed by atoms with Crippen LogP contribution in [0.3, 0.4) is 0 Å². The van der Waals surface area contributed by atoms with Gasteiger partial charge in [0.25, 0.3) is 0 Å². The van der Waals surface area contributed by atoms with Crippen molar-refractivity contribution >= 4 is 45.3 Å². The molecule has 81 heavy (non-hydrogen) atoms. The highest BCUT2D eigenvalue weighted by Crippen LogP contribution is 2.66. The lowest BCUT2D eigenvalue weighted by atomic mass is 9.68. The molecule has 0 bridgehead atoms. The first kappa shape index (κ1) is 46.2. The van der Waals surface area contributed by atoms with Crippen molar-refractivity contribution in [1.82, 2.24) is 9.55 Å². The predicted octanol–water partition coefficient (Wildman–Crippen LogP) is 18.1. The largest absolute Gasteiger partial charge is 0.355 e. The third-order valence-corrected chi connectivity index (χ3v) is 19.3. The minimum atomic E-state index is -0.617. The number of terminal acetylenes is 1. The molecule has 0 fully saturated rings. The summed E-state index contributed by atoms with van der Waals surface area (Å²) in [6.45, 7) is 4.73. The van der Waals surface area contributed by atoms with Crippen LogP contribution in [0.2, 0.25) is 0 Å². The number of para-hydroxylation sites is 2. The van der Waals surface area contributed by atoms with Gasteiger partial charge in [-0.1, -0.05) is 190 Å². The Morgan fingerprint density at radius 2 is 1.07 bits per heavy atom. The number of aromatic nitrogens is 2. The van der Waals surface area contributed by atoms with Crippen LogP contribution in [-0.2, 0) is 17.3 Å². The van der Waals surface area contributed by atoms with Crippen LogP contribution >= 0.6 is 0 Å². The number of allylic oxidation sites excluding steroid dienone is 6. The van der Waals surface area contributed by atoms with E-state index in [4.69, 9.17) is 6.42 Å². The van der Waals surface area contributed by atoms with Gasteiger partial charge >= 0.3 is 0 Å². The third kappa shape index (κ3) is 6.07. The van der Waals surface area contributed by atoms with Crippen LogP contribution in [0.1, 0.15) is 121 Å². The SMILES string of the molecule is C#Cc1ccc2c(c1)C1(c3ccccc3-c3ccccc31)c1cc(C(=O)c3ccc4c(c3)C3(C5=C(C=CC5)c5ccc(-n6c7c(c8c6C=CCC8C)CC(C)C=C7)cc53)c3ccccc3-4)ccc1-2.c1ccc2c(c1)[nH]c1ccccc12. The quantitative estimate of drug-likeness (QED) is 0.139. The highest BCUT2D eigenvalue weighted by Gasteiger charge is 2.54. The second kappa shape index (κ2) is 16.9. The molecule has 1 N–H and O–H groups in total. The number of hydrogen-bond acceptors (Lipinski definition) is 1. The lowest BCUT2D eigenvalue weighted by molar-refractivity contribution is 0.103. The Morgan fingerprint density at radius 3 is 1.73 bits per heavy atom. The highest BCUT2D eigenvalue weighted by molar-refractivity contribution is 6.12. The van der Waals surface area contributed by atoms with Gasteiger partial charge in [-0.2, -0.15) is 0 Å². The van der Waals surface area contributed by atoms with Crippen LogP contribution < -0.4 is 0 Å². The standard InChI is InChI=1S/C66H45NO.C12H9N/c1-4-40-24-28-48-50-30-26-42(36-59(50)65(57(48)34-40)53-18-8-5-14-44(53)45-15-6-9-19-54(45)65)64(68)41-25-29-49-46-16-7-10-20-55(46)66(58(49)35-41)56-21-12-17-47(56)51-31-27-43(37-60(51)66)67-61-32-23-38(2)33-52(61)63-39(3)13-11-22-62(63)67;1-3-7-11-9(5-1)10-6-2-4-8-12(10)13-11/h1,5-12,14-20,22-32,34-39H,13,21,33H2,2-3H3;1-8,13H. The molecule has 0 saturated heterocycles. The smallest absolute Gasteiger partial charge is 0.193 e. The van der Waals surface area contributed by atoms with Gasteiger partial charge in [-0.15, -0.1) is 6.42 Å². The van der Waals surface area contributed by atoms with Gasteiger partial charge in [0.15, 0.2) is 5.78 Å². The maximum absolute atomic E-state index is 15.5. The predicted molar refractivity (Wildman–Crippen MR) is 332 cm³/mol. The van der Waals surface area contributed by atoms with E-state index >= 15 is 4.79 Å². The van der Waals surface area contributed by atoms with E-state index in [1.165, 1.54) is 122 Å². The van der Waals surface area contributed by atoms with Gasteiger partial charge in [0.2, 0.25) is 0 Å². The second-order valence-corrected chi connectivity index (χ2v) is 23.4. The molecule has 0 saturated carbocycles. The number of rotatable bonds is 3. The number of carbonyl (C=O) groups is 1. The molecule has 3 heteroatoms. The van der Waals surface area contributed by atoms with Crippen LogP contribution in [0.15, 0.2) is 224 Å². The number of nitrogens with zero attached hydrogens (tertiary/aromatic N) is 1. The molecule has 9 aromatic carbocycles. The molecule has 18 rings (SSSR count). The van der Waals surface area contributed by atoms with E-state index in [1.54, 1.807) is 0 Å². The fourth-order valence-electron chi connectivity index (χ4n) is 16.1. The Balaban J connectivity index is 0.000000352. The summed E-state index contributed by atoms with van der Waals surface area (Å²) in [4.78, 5) is 18.9. The van der Waals surface area contributed by atoms with Crippen LogP contribution in [0.4, 0.5) is 0 Å². The minimum Gasteiger partial charge on any atom is -0.355 e. The van der Waals surface area contributed by atoms with E-state index < -0.39 is 10.8 Å². The average molecular weight is 1040 g/mol. The summed E-state index contributed by atoms with van der Waals surface area (Å²) in [5.41, 5.74) is 30.1. The maximum Gasteiger partial charge on any atom is 0.193 e. The Bertz CT molecular complexity index is 4720. The fraction of sp³-hybridized carbons (Fsp3) is 0.115. The average Bonchev–Trinajstić information content (AvgIpc) is 1.94. The molecule has 2 spiro atoms. The molecule has 7 aliphatic carbocycles. The first-order chi connectivity index (χ1) is 39.9. The van der Waals surface area contributed by atoms with E-state index in [2.05, 4.69) is 248 Å². The number of fused-ring (bicyclic) bond motifs is 25. The van der Waals surface area contributed by atoms with E-state index in [0.717, 1.165) is 41.5 Å². The normalized spacial score (nSPS) is 18.8. The number of H-pyrrole nitrogens is 1. The van der Waals surface area contributed by atoms with Gasteiger partial charge in [-0.05, 0) is 192 Å². The van der Waals surface area contributed by atoms with Crippen molar-refractivity contribution in [3.8, 4) is 51.4 Å². The topological polar surface area (TPSA) is 37.8 Å². The van der Waals surface area contributed by atoms with E-state index in [9.17, 15) is 0 Å². The second-order valence-electron chi connectivity index (χ2n) is 23.4. The first-order valence-electron chi connectivity index (χ1n) is 28.7. The molecule has 382 valence electrons. The summed E-state index contributed by atoms with van der Waals surface area (Å²) >= 11 is 0. The van der Waals surface area contributed by atoms with Gasteiger partial charge in [-0.3, -0.25) is 4.79 Å². The summed E-state index contributed by atoms with van der Waals surface area (Å²) in [7, 11) is 0. The molecular formula is C78H54N2O. The Labute approximate surface area is 472 Å². The van der Waals surface area contributed by atoms with Crippen LogP contribution in [-0.4, -0.2) is 15.3 Å². The zero-order valence-corrected chi connectivity index (χ0v) is 45.1. The van der Waals surface area contributed by atoms with Gasteiger partial charge < -0.3 is 9.55 Å². The molecule has 3 atom stereocenters. The van der Waals surface area contributed by atoms with Gasteiger partial charge in [-0.25, -0.2) is 0 Å². The maximum atomic E-state index is 15.5. The zero-order chi connectivity index (χ0) is 53.9. The van der Waals surface area contributed by atoms with E-state index in [0.29, 0.717) is 23.0 Å². The van der Waals surface area contributed by atoms with Gasteiger partial charge in [0.05, 0.1) is 10.8 Å². The third-order valence-electron chi connectivity index (χ3n) is 19.3. The Kier molecular flexibility index (Phi) is 9.63. The van der Waals surface area contributed by atoms with Crippen molar-refractivity contribution < 1.29 is 4.79 Å².